The third kappa shape index (κ3) is 3.58. The van der Waals surface area contributed by atoms with Gasteiger partial charge in [-0.15, -0.1) is 0 Å². The van der Waals surface area contributed by atoms with E-state index in [1.54, 1.807) is 0 Å². The smallest absolute Gasteiger partial charge is 0.0670 e. The minimum atomic E-state index is 0.221. The van der Waals surface area contributed by atoms with Gasteiger partial charge in [-0.1, -0.05) is 30.3 Å². The number of rotatable bonds is 6. The third-order valence-electron chi connectivity index (χ3n) is 3.57. The van der Waals surface area contributed by atoms with Crippen molar-refractivity contribution in [1.82, 2.24) is 4.90 Å². The summed E-state index contributed by atoms with van der Waals surface area (Å²) < 4.78 is 5.45. The van der Waals surface area contributed by atoms with E-state index < -0.39 is 0 Å². The molecule has 0 aromatic heterocycles. The van der Waals surface area contributed by atoms with Gasteiger partial charge in [-0.2, -0.15) is 0 Å². The summed E-state index contributed by atoms with van der Waals surface area (Å²) in [5.41, 5.74) is 2.38. The van der Waals surface area contributed by atoms with Crippen molar-refractivity contribution in [2.45, 2.75) is 25.8 Å². The Bertz CT molecular complexity index is 402. The molecule has 3 nitrogen and oxygen atoms in total. The lowest BCUT2D eigenvalue weighted by atomic mass is 10.1. The van der Waals surface area contributed by atoms with E-state index in [0.29, 0.717) is 6.61 Å². The van der Waals surface area contributed by atoms with E-state index in [4.69, 9.17) is 4.74 Å². The Labute approximate surface area is 115 Å². The summed E-state index contributed by atoms with van der Waals surface area (Å²) in [4.78, 5) is 2.31. The lowest BCUT2D eigenvalue weighted by Crippen LogP contribution is -2.31. The van der Waals surface area contributed by atoms with E-state index >= 15 is 0 Å². The van der Waals surface area contributed by atoms with Crippen LogP contribution in [0.4, 0.5) is 0 Å². The number of hydrogen-bond acceptors (Lipinski definition) is 3. The average Bonchev–Trinajstić information content (AvgIpc) is 2.93. The average molecular weight is 261 g/mol. The summed E-state index contributed by atoms with van der Waals surface area (Å²) in [6.45, 7) is 4.58. The second-order valence-electron chi connectivity index (χ2n) is 4.79. The lowest BCUT2D eigenvalue weighted by molar-refractivity contribution is 0.175. The maximum Gasteiger partial charge on any atom is 0.0670 e. The molecule has 1 atom stereocenters. The molecule has 1 N–H and O–H groups in total. The van der Waals surface area contributed by atoms with Gasteiger partial charge in [-0.05, 0) is 31.4 Å². The maximum atomic E-state index is 9.50. The number of benzene rings is 1. The van der Waals surface area contributed by atoms with Gasteiger partial charge >= 0.3 is 0 Å². The lowest BCUT2D eigenvalue weighted by Gasteiger charge is -2.28. The van der Waals surface area contributed by atoms with Gasteiger partial charge in [0.05, 0.1) is 19.3 Å². The largest absolute Gasteiger partial charge is 0.394 e. The monoisotopic (exact) mass is 261 g/mol. The van der Waals surface area contributed by atoms with Gasteiger partial charge in [0.2, 0.25) is 0 Å². The van der Waals surface area contributed by atoms with Crippen LogP contribution in [0.1, 0.15) is 25.3 Å². The highest BCUT2D eigenvalue weighted by atomic mass is 16.5. The molecule has 0 unspecified atom stereocenters. The number of ether oxygens (including phenoxy) is 1. The molecule has 1 heterocycles. The third-order valence-corrected chi connectivity index (χ3v) is 3.57. The van der Waals surface area contributed by atoms with Crippen molar-refractivity contribution in [2.24, 2.45) is 0 Å². The van der Waals surface area contributed by atoms with Gasteiger partial charge in [-0.3, -0.25) is 0 Å². The van der Waals surface area contributed by atoms with Gasteiger partial charge < -0.3 is 14.7 Å². The Hall–Kier alpha value is -1.32. The first-order valence-corrected chi connectivity index (χ1v) is 7.07. The van der Waals surface area contributed by atoms with Gasteiger partial charge in [0, 0.05) is 18.8 Å². The quantitative estimate of drug-likeness (QED) is 0.799. The van der Waals surface area contributed by atoms with E-state index in [1.807, 2.05) is 25.1 Å². The summed E-state index contributed by atoms with van der Waals surface area (Å²) in [5, 5.41) is 9.50. The Morgan fingerprint density at radius 1 is 1.42 bits per heavy atom. The number of hydrogen-bond donors (Lipinski definition) is 1. The van der Waals surface area contributed by atoms with E-state index in [-0.39, 0.29) is 12.6 Å². The van der Waals surface area contributed by atoms with Gasteiger partial charge in [0.15, 0.2) is 0 Å². The number of nitrogens with zero attached hydrogens (tertiary/aromatic N) is 1. The summed E-state index contributed by atoms with van der Waals surface area (Å²) >= 11 is 0. The zero-order valence-corrected chi connectivity index (χ0v) is 11.6. The summed E-state index contributed by atoms with van der Waals surface area (Å²) in [5.74, 6) is 0. The van der Waals surface area contributed by atoms with Crippen molar-refractivity contribution in [3.05, 3.63) is 42.0 Å². The van der Waals surface area contributed by atoms with Gasteiger partial charge in [-0.25, -0.2) is 0 Å². The molecule has 0 aliphatic carbocycles. The van der Waals surface area contributed by atoms with Crippen molar-refractivity contribution in [3.8, 4) is 0 Å². The summed E-state index contributed by atoms with van der Waals surface area (Å²) in [6.07, 6.45) is 4.34. The highest BCUT2D eigenvalue weighted by molar-refractivity contribution is 5.64. The first-order valence-electron chi connectivity index (χ1n) is 7.07. The SMILES string of the molecule is CCOC/C=C(\c1ccccc1)N1CCC[C@H]1CO. The van der Waals surface area contributed by atoms with Gasteiger partial charge in [0.1, 0.15) is 0 Å². The van der Waals surface area contributed by atoms with Crippen LogP contribution in [-0.4, -0.2) is 42.4 Å². The zero-order chi connectivity index (χ0) is 13.5. The Balaban J connectivity index is 2.21. The molecule has 0 amide bonds. The van der Waals surface area contributed by atoms with Crippen molar-refractivity contribution < 1.29 is 9.84 Å². The predicted octanol–water partition coefficient (Wildman–Crippen LogP) is 2.52. The molecular formula is C16H23NO2. The second-order valence-corrected chi connectivity index (χ2v) is 4.79. The van der Waals surface area contributed by atoms with Crippen LogP contribution in [0.15, 0.2) is 36.4 Å². The molecule has 0 radical (unpaired) electrons. The van der Waals surface area contributed by atoms with Crippen LogP contribution >= 0.6 is 0 Å². The minimum Gasteiger partial charge on any atom is -0.394 e. The topological polar surface area (TPSA) is 32.7 Å². The zero-order valence-electron chi connectivity index (χ0n) is 11.6. The van der Waals surface area contributed by atoms with Crippen LogP contribution in [0.3, 0.4) is 0 Å². The fourth-order valence-electron chi connectivity index (χ4n) is 2.61. The van der Waals surface area contributed by atoms with Crippen molar-refractivity contribution in [2.75, 3.05) is 26.4 Å². The predicted molar refractivity (Wildman–Crippen MR) is 77.7 cm³/mol. The first kappa shape index (κ1) is 14.1. The van der Waals surface area contributed by atoms with Crippen molar-refractivity contribution in [1.29, 1.82) is 0 Å². The maximum absolute atomic E-state index is 9.50. The number of aliphatic hydroxyl groups is 1. The first-order chi connectivity index (χ1) is 9.36. The molecule has 1 aromatic carbocycles. The van der Waals surface area contributed by atoms with E-state index in [1.165, 1.54) is 11.3 Å². The highest BCUT2D eigenvalue weighted by Gasteiger charge is 2.25. The highest BCUT2D eigenvalue weighted by Crippen LogP contribution is 2.28. The molecule has 104 valence electrons. The molecule has 0 bridgehead atoms. The fraction of sp³-hybridized carbons (Fsp3) is 0.500. The van der Waals surface area contributed by atoms with E-state index in [0.717, 1.165) is 26.0 Å². The Morgan fingerprint density at radius 3 is 2.89 bits per heavy atom. The van der Waals surface area contributed by atoms with E-state index in [9.17, 15) is 5.11 Å². The molecule has 1 saturated heterocycles. The van der Waals surface area contributed by atoms with Crippen LogP contribution in [0.5, 0.6) is 0 Å². The van der Waals surface area contributed by atoms with Crippen LogP contribution in [0.25, 0.3) is 5.70 Å². The van der Waals surface area contributed by atoms with Crippen LogP contribution in [0, 0.1) is 0 Å². The van der Waals surface area contributed by atoms with Crippen molar-refractivity contribution >= 4 is 5.70 Å². The van der Waals surface area contributed by atoms with Crippen LogP contribution < -0.4 is 0 Å². The normalized spacial score (nSPS) is 20.0. The minimum absolute atomic E-state index is 0.221. The van der Waals surface area contributed by atoms with Gasteiger partial charge in [0.25, 0.3) is 0 Å². The summed E-state index contributed by atoms with van der Waals surface area (Å²) in [7, 11) is 0. The molecule has 2 rings (SSSR count). The fourth-order valence-corrected chi connectivity index (χ4v) is 2.61. The van der Waals surface area contributed by atoms with Crippen LogP contribution in [-0.2, 0) is 4.74 Å². The van der Waals surface area contributed by atoms with Crippen molar-refractivity contribution in [3.63, 3.8) is 0 Å². The summed E-state index contributed by atoms with van der Waals surface area (Å²) in [6, 6.07) is 10.6. The molecule has 0 spiro atoms. The van der Waals surface area contributed by atoms with Crippen LogP contribution in [0.2, 0.25) is 0 Å². The molecule has 3 heteroatoms. The molecule has 1 aliphatic heterocycles. The molecule has 0 saturated carbocycles. The molecule has 19 heavy (non-hydrogen) atoms. The Morgan fingerprint density at radius 2 is 2.21 bits per heavy atom. The number of likely N-dealkylation sites (tertiary alicyclic amines) is 1. The number of aliphatic hydroxyl groups excluding tert-OH is 1. The molecule has 1 aromatic rings. The molecule has 1 fully saturated rings. The molecule has 1 aliphatic rings. The standard InChI is InChI=1S/C16H23NO2/c1-2-19-12-10-16(14-7-4-3-5-8-14)17-11-6-9-15(17)13-18/h3-5,7-8,10,15,18H,2,6,9,11-13H2,1H3/b16-10+/t15-/m0/s1. The second kappa shape index (κ2) is 7.31. The Kier molecular flexibility index (Phi) is 5.43. The molecular weight excluding hydrogens is 238 g/mol. The van der Waals surface area contributed by atoms with E-state index in [2.05, 4.69) is 23.1 Å².